The van der Waals surface area contributed by atoms with Crippen LogP contribution >= 0.6 is 0 Å². The average molecular weight is 266 g/mol. The van der Waals surface area contributed by atoms with Gasteiger partial charge in [0.25, 0.3) is 0 Å². The Bertz CT molecular complexity index is 509. The van der Waals surface area contributed by atoms with Gasteiger partial charge in [-0.25, -0.2) is 4.68 Å². The van der Waals surface area contributed by atoms with Crippen molar-refractivity contribution in [3.05, 3.63) is 15.8 Å². The molecule has 0 spiro atoms. The summed E-state index contributed by atoms with van der Waals surface area (Å²) < 4.78 is 1.66. The monoisotopic (exact) mass is 266 g/mol. The first kappa shape index (κ1) is 13.5. The van der Waals surface area contributed by atoms with Gasteiger partial charge in [-0.05, 0) is 19.8 Å². The van der Waals surface area contributed by atoms with Gasteiger partial charge in [-0.3, -0.25) is 14.9 Å². The third-order valence-corrected chi connectivity index (χ3v) is 3.24. The van der Waals surface area contributed by atoms with Crippen LogP contribution in [0.2, 0.25) is 0 Å². The first-order valence-corrected chi connectivity index (χ1v) is 6.53. The molecule has 0 atom stereocenters. The number of hydrogen-bond donors (Lipinski definition) is 0. The topological polar surface area (TPSA) is 81.3 Å². The number of hydrogen-bond acceptors (Lipinski definition) is 5. The van der Waals surface area contributed by atoms with E-state index in [-0.39, 0.29) is 18.0 Å². The van der Waals surface area contributed by atoms with Crippen molar-refractivity contribution in [3.8, 4) is 0 Å². The van der Waals surface area contributed by atoms with Gasteiger partial charge in [0.2, 0.25) is 5.82 Å². The first-order chi connectivity index (χ1) is 9.04. The van der Waals surface area contributed by atoms with Crippen molar-refractivity contribution in [1.82, 2.24) is 9.78 Å². The van der Waals surface area contributed by atoms with E-state index in [9.17, 15) is 14.9 Å². The third-order valence-electron chi connectivity index (χ3n) is 3.24. The van der Waals surface area contributed by atoms with Gasteiger partial charge in [-0.15, -0.1) is 0 Å². The van der Waals surface area contributed by atoms with Gasteiger partial charge in [-0.2, -0.15) is 5.10 Å². The second kappa shape index (κ2) is 5.38. The minimum Gasteiger partial charge on any atom is -0.344 e. The highest BCUT2D eigenvalue weighted by atomic mass is 16.6. The summed E-state index contributed by atoms with van der Waals surface area (Å²) in [5, 5.41) is 15.5. The zero-order valence-corrected chi connectivity index (χ0v) is 11.3. The molecule has 1 aliphatic rings. The van der Waals surface area contributed by atoms with Crippen LogP contribution in [0.1, 0.15) is 31.9 Å². The summed E-state index contributed by atoms with van der Waals surface area (Å²) in [7, 11) is 0. The molecule has 0 aliphatic carbocycles. The third kappa shape index (κ3) is 2.59. The smallest absolute Gasteiger partial charge is 0.333 e. The molecular formula is C12H18N4O3. The normalized spacial score (nSPS) is 15.9. The molecule has 2 rings (SSSR count). The molecule has 1 aromatic heterocycles. The predicted octanol–water partition coefficient (Wildman–Crippen LogP) is 1.68. The maximum atomic E-state index is 11.6. The molecule has 0 unspecified atom stereocenters. The van der Waals surface area contributed by atoms with E-state index in [0.29, 0.717) is 31.0 Å². The van der Waals surface area contributed by atoms with Crippen LogP contribution in [0.5, 0.6) is 0 Å². The number of anilines is 1. The van der Waals surface area contributed by atoms with E-state index >= 15 is 0 Å². The Hall–Kier alpha value is -1.92. The van der Waals surface area contributed by atoms with Gasteiger partial charge >= 0.3 is 5.69 Å². The number of ketones is 1. The van der Waals surface area contributed by atoms with Gasteiger partial charge in [0.15, 0.2) is 5.78 Å². The Kier molecular flexibility index (Phi) is 3.82. The Morgan fingerprint density at radius 1 is 1.47 bits per heavy atom. The standard InChI is InChI=1S/C12H18N4O3/c1-3-6-15-12(11(16(18)19)9(2)13-15)14-7-4-5-10(17)8-14/h3-8H2,1-2H3. The van der Waals surface area contributed by atoms with Gasteiger partial charge in [0.1, 0.15) is 5.69 Å². The molecule has 0 bridgehead atoms. The van der Waals surface area contributed by atoms with E-state index in [1.807, 2.05) is 6.92 Å². The fourth-order valence-corrected chi connectivity index (χ4v) is 2.47. The van der Waals surface area contributed by atoms with Crippen molar-refractivity contribution < 1.29 is 9.72 Å². The van der Waals surface area contributed by atoms with E-state index in [0.717, 1.165) is 12.8 Å². The summed E-state index contributed by atoms with van der Waals surface area (Å²) in [5.74, 6) is 0.611. The lowest BCUT2D eigenvalue weighted by Crippen LogP contribution is -2.37. The van der Waals surface area contributed by atoms with Crippen LogP contribution in [0.3, 0.4) is 0 Å². The highest BCUT2D eigenvalue weighted by Gasteiger charge is 2.31. The Morgan fingerprint density at radius 3 is 2.79 bits per heavy atom. The van der Waals surface area contributed by atoms with Crippen molar-refractivity contribution >= 4 is 17.3 Å². The van der Waals surface area contributed by atoms with E-state index in [1.165, 1.54) is 0 Å². The van der Waals surface area contributed by atoms with Gasteiger partial charge < -0.3 is 4.90 Å². The number of Topliss-reactive ketones (excluding diaryl/α,β-unsaturated/α-hetero) is 1. The lowest BCUT2D eigenvalue weighted by Gasteiger charge is -2.27. The molecule has 2 heterocycles. The van der Waals surface area contributed by atoms with Crippen LogP contribution in [0, 0.1) is 17.0 Å². The summed E-state index contributed by atoms with van der Waals surface area (Å²) in [6.45, 7) is 5.17. The molecule has 7 nitrogen and oxygen atoms in total. The molecule has 104 valence electrons. The molecule has 0 amide bonds. The highest BCUT2D eigenvalue weighted by molar-refractivity contribution is 5.85. The number of nitrogens with zero attached hydrogens (tertiary/aromatic N) is 4. The van der Waals surface area contributed by atoms with Gasteiger partial charge in [0, 0.05) is 19.5 Å². The molecule has 1 fully saturated rings. The van der Waals surface area contributed by atoms with E-state index < -0.39 is 4.92 Å². The average Bonchev–Trinajstić information content (AvgIpc) is 2.66. The number of piperidine rings is 1. The number of carbonyl (C=O) groups is 1. The van der Waals surface area contributed by atoms with Crippen LogP contribution in [-0.4, -0.2) is 33.6 Å². The minimum atomic E-state index is -0.400. The molecule has 0 radical (unpaired) electrons. The maximum absolute atomic E-state index is 11.6. The molecule has 1 saturated heterocycles. The lowest BCUT2D eigenvalue weighted by molar-refractivity contribution is -0.384. The molecule has 0 aromatic carbocycles. The highest BCUT2D eigenvalue weighted by Crippen LogP contribution is 2.33. The molecule has 19 heavy (non-hydrogen) atoms. The van der Waals surface area contributed by atoms with Gasteiger partial charge in [0.05, 0.1) is 11.5 Å². The zero-order valence-electron chi connectivity index (χ0n) is 11.3. The second-order valence-corrected chi connectivity index (χ2v) is 4.80. The Balaban J connectivity index is 2.45. The maximum Gasteiger partial charge on any atom is 0.333 e. The molecule has 0 N–H and O–H groups in total. The van der Waals surface area contributed by atoms with Crippen molar-refractivity contribution in [2.24, 2.45) is 0 Å². The molecule has 0 saturated carbocycles. The largest absolute Gasteiger partial charge is 0.344 e. The Labute approximate surface area is 111 Å². The molecule has 1 aromatic rings. The number of aromatic nitrogens is 2. The van der Waals surface area contributed by atoms with Crippen LogP contribution in [0.4, 0.5) is 11.5 Å². The summed E-state index contributed by atoms with van der Waals surface area (Å²) in [4.78, 5) is 24.2. The zero-order chi connectivity index (χ0) is 14.0. The van der Waals surface area contributed by atoms with Crippen molar-refractivity contribution in [2.75, 3.05) is 18.0 Å². The predicted molar refractivity (Wildman–Crippen MR) is 70.4 cm³/mol. The number of nitro groups is 1. The fraction of sp³-hybridized carbons (Fsp3) is 0.667. The second-order valence-electron chi connectivity index (χ2n) is 4.80. The van der Waals surface area contributed by atoms with E-state index in [4.69, 9.17) is 0 Å². The summed E-state index contributed by atoms with van der Waals surface area (Å²) in [6, 6.07) is 0. The van der Waals surface area contributed by atoms with Crippen LogP contribution in [-0.2, 0) is 11.3 Å². The number of carbonyl (C=O) groups excluding carboxylic acids is 1. The van der Waals surface area contributed by atoms with Crippen LogP contribution in [0.15, 0.2) is 0 Å². The molecule has 1 aliphatic heterocycles. The SMILES string of the molecule is CCCn1nc(C)c([N+](=O)[O-])c1N1CCCC(=O)C1. The summed E-state index contributed by atoms with van der Waals surface area (Å²) in [5.41, 5.74) is 0.439. The van der Waals surface area contributed by atoms with Crippen molar-refractivity contribution in [2.45, 2.75) is 39.7 Å². The molecular weight excluding hydrogens is 248 g/mol. The summed E-state index contributed by atoms with van der Waals surface area (Å²) in [6.07, 6.45) is 2.14. The summed E-state index contributed by atoms with van der Waals surface area (Å²) >= 11 is 0. The van der Waals surface area contributed by atoms with E-state index in [2.05, 4.69) is 5.10 Å². The molecule has 7 heteroatoms. The van der Waals surface area contributed by atoms with Gasteiger partial charge in [-0.1, -0.05) is 6.92 Å². The quantitative estimate of drug-likeness (QED) is 0.611. The number of rotatable bonds is 4. The van der Waals surface area contributed by atoms with Crippen LogP contribution in [0.25, 0.3) is 0 Å². The lowest BCUT2D eigenvalue weighted by atomic mass is 10.1. The Morgan fingerprint density at radius 2 is 2.21 bits per heavy atom. The first-order valence-electron chi connectivity index (χ1n) is 6.53. The van der Waals surface area contributed by atoms with E-state index in [1.54, 1.807) is 16.5 Å². The number of aryl methyl sites for hydroxylation is 2. The fourth-order valence-electron chi connectivity index (χ4n) is 2.47. The van der Waals surface area contributed by atoms with Crippen molar-refractivity contribution in [1.29, 1.82) is 0 Å². The van der Waals surface area contributed by atoms with Crippen LogP contribution < -0.4 is 4.90 Å². The minimum absolute atomic E-state index is 0.0307. The van der Waals surface area contributed by atoms with Crippen molar-refractivity contribution in [3.63, 3.8) is 0 Å².